The fourth-order valence-electron chi connectivity index (χ4n) is 5.03. The van der Waals surface area contributed by atoms with E-state index in [1.807, 2.05) is 109 Å². The van der Waals surface area contributed by atoms with Crippen molar-refractivity contribution in [3.05, 3.63) is 228 Å². The average molecular weight is 978 g/mol. The van der Waals surface area contributed by atoms with Crippen molar-refractivity contribution in [2.75, 3.05) is 0 Å². The molecule has 0 saturated carbocycles. The minimum Gasteiger partial charge on any atom is -0.103 e. The van der Waals surface area contributed by atoms with Crippen LogP contribution in [0.2, 0.25) is 0 Å². The van der Waals surface area contributed by atoms with Crippen molar-refractivity contribution < 1.29 is 0 Å². The van der Waals surface area contributed by atoms with E-state index in [1.54, 1.807) is 0 Å². The molecule has 0 spiro atoms. The third kappa shape index (κ3) is 169. The van der Waals surface area contributed by atoms with Crippen molar-refractivity contribution in [2.24, 2.45) is 0 Å². The molecule has 0 atom stereocenters. The van der Waals surface area contributed by atoms with E-state index < -0.39 is 0 Å². The lowest BCUT2D eigenvalue weighted by Gasteiger charge is -1.89. The average Bonchev–Trinajstić information content (AvgIpc) is 3.39. The predicted molar refractivity (Wildman–Crippen MR) is 345 cm³/mol. The van der Waals surface area contributed by atoms with Crippen molar-refractivity contribution in [1.29, 1.82) is 0 Å². The Morgan fingerprint density at radius 3 is 0.211 bits per heavy atom. The summed E-state index contributed by atoms with van der Waals surface area (Å²) in [5, 5.41) is 0. The van der Waals surface area contributed by atoms with Crippen LogP contribution in [0.15, 0.2) is 228 Å². The van der Waals surface area contributed by atoms with E-state index in [0.29, 0.717) is 0 Å². The fourth-order valence-corrected chi connectivity index (χ4v) is 5.03. The van der Waals surface area contributed by atoms with Gasteiger partial charge in [-0.3, -0.25) is 0 Å². The molecule has 0 rings (SSSR count). The first-order chi connectivity index (χ1) is 34.7. The molecule has 0 fully saturated rings. The van der Waals surface area contributed by atoms with Crippen LogP contribution in [0.4, 0.5) is 0 Å². The van der Waals surface area contributed by atoms with Crippen LogP contribution < -0.4 is 0 Å². The molecule has 0 radical (unpaired) electrons. The monoisotopic (exact) mass is 977 g/mol. The van der Waals surface area contributed by atoms with Gasteiger partial charge in [0, 0.05) is 0 Å². The highest BCUT2D eigenvalue weighted by Gasteiger charge is 1.84. The molecule has 0 aliphatic heterocycles. The quantitative estimate of drug-likeness (QED) is 0.0422. The maximum atomic E-state index is 3.63. The minimum atomic E-state index is 1.12. The zero-order valence-electron chi connectivity index (χ0n) is 47.9. The first-order valence-electron chi connectivity index (χ1n) is 27.7. The standard InChI is InChI=1S/8C8H14.C7H12/c8*1-3-5-7-8-6-4-2;1-3-5-7-6-4-2/h8*3-4H,1-2,5-8H2;3-4H,1-2,5-7H2. The fraction of sp³-hybridized carbons (Fsp3) is 0.493. The van der Waals surface area contributed by atoms with Crippen LogP contribution in [-0.2, 0) is 0 Å². The second-order valence-corrected chi connectivity index (χ2v) is 16.4. The van der Waals surface area contributed by atoms with Gasteiger partial charge in [0.15, 0.2) is 0 Å². The van der Waals surface area contributed by atoms with Crippen LogP contribution in [0.1, 0.15) is 225 Å². The molecule has 0 aliphatic rings. The Balaban J connectivity index is -0.0000000870. The molecule has 0 saturated heterocycles. The Morgan fingerprint density at radius 2 is 0.155 bits per heavy atom. The Labute approximate surface area is 450 Å². The number of hydrogen-bond acceptors (Lipinski definition) is 0. The summed E-state index contributed by atoms with van der Waals surface area (Å²) in [6, 6.07) is 0. The molecule has 0 heteroatoms. The molecule has 0 bridgehead atoms. The Kier molecular flexibility index (Phi) is 140. The van der Waals surface area contributed by atoms with Crippen molar-refractivity contribution in [1.82, 2.24) is 0 Å². The van der Waals surface area contributed by atoms with Gasteiger partial charge in [-0.1, -0.05) is 109 Å². The number of hydrogen-bond donors (Lipinski definition) is 0. The summed E-state index contributed by atoms with van der Waals surface area (Å²) in [4.78, 5) is 0. The van der Waals surface area contributed by atoms with Gasteiger partial charge in [-0.15, -0.1) is 118 Å². The van der Waals surface area contributed by atoms with Crippen LogP contribution in [0, 0.1) is 0 Å². The lowest BCUT2D eigenvalue weighted by atomic mass is 10.2. The molecule has 0 amide bonds. The number of allylic oxidation sites excluding steroid dienone is 18. The Hall–Kier alpha value is -4.68. The largest absolute Gasteiger partial charge is 0.103 e. The molecule has 0 N–H and O–H groups in total. The molecule has 0 aromatic heterocycles. The summed E-state index contributed by atoms with van der Waals surface area (Å²) in [5.41, 5.74) is 0. The molecule has 0 aromatic carbocycles. The molecule has 0 heterocycles. The normalized spacial score (nSPS) is 8.45. The smallest absolute Gasteiger partial charge is 0.0350 e. The van der Waals surface area contributed by atoms with E-state index in [4.69, 9.17) is 0 Å². The van der Waals surface area contributed by atoms with Crippen LogP contribution in [0.3, 0.4) is 0 Å². The van der Waals surface area contributed by atoms with E-state index in [2.05, 4.69) is 118 Å². The maximum absolute atomic E-state index is 3.63. The summed E-state index contributed by atoms with van der Waals surface area (Å²) in [6.07, 6.45) is 77.2. The highest BCUT2D eigenvalue weighted by molar-refractivity contribution is 4.75. The zero-order chi connectivity index (χ0) is 55.5. The molecular weight excluding hydrogens is 853 g/mol. The Bertz CT molecular complexity index is 789. The molecule has 71 heavy (non-hydrogen) atoms. The molecule has 0 nitrogen and oxygen atoms in total. The van der Waals surface area contributed by atoms with Gasteiger partial charge in [0.1, 0.15) is 0 Å². The van der Waals surface area contributed by atoms with E-state index in [-0.39, 0.29) is 0 Å². The van der Waals surface area contributed by atoms with Gasteiger partial charge in [-0.25, -0.2) is 0 Å². The van der Waals surface area contributed by atoms with Crippen molar-refractivity contribution in [2.45, 2.75) is 225 Å². The Morgan fingerprint density at radius 1 is 0.0986 bits per heavy atom. The van der Waals surface area contributed by atoms with Crippen LogP contribution in [0.5, 0.6) is 0 Å². The molecular formula is C71H124. The third-order valence-electron chi connectivity index (χ3n) is 9.35. The summed E-state index contributed by atoms with van der Waals surface area (Å²) in [5.74, 6) is 0. The lowest BCUT2D eigenvalue weighted by Crippen LogP contribution is -1.69. The number of unbranched alkanes of at least 4 members (excludes halogenated alkanes) is 26. The second-order valence-electron chi connectivity index (χ2n) is 16.4. The van der Waals surface area contributed by atoms with Crippen LogP contribution >= 0.6 is 0 Å². The minimum absolute atomic E-state index is 1.12. The first kappa shape index (κ1) is 86.1. The first-order valence-corrected chi connectivity index (χ1v) is 27.7. The summed E-state index contributed by atoms with van der Waals surface area (Å²) in [6.45, 7) is 65.3. The van der Waals surface area contributed by atoms with E-state index >= 15 is 0 Å². The highest BCUT2D eigenvalue weighted by atomic mass is 13.9. The van der Waals surface area contributed by atoms with Gasteiger partial charge >= 0.3 is 0 Å². The molecule has 408 valence electrons. The third-order valence-corrected chi connectivity index (χ3v) is 9.35. The molecule has 0 aliphatic carbocycles. The van der Waals surface area contributed by atoms with Gasteiger partial charge in [0.2, 0.25) is 0 Å². The summed E-state index contributed by atoms with van der Waals surface area (Å²) >= 11 is 0. The molecule has 0 aromatic rings. The van der Waals surface area contributed by atoms with Gasteiger partial charge in [-0.2, -0.15) is 0 Å². The van der Waals surface area contributed by atoms with Crippen molar-refractivity contribution in [3.8, 4) is 0 Å². The zero-order valence-corrected chi connectivity index (χ0v) is 47.9. The van der Waals surface area contributed by atoms with Gasteiger partial charge in [0.05, 0.1) is 0 Å². The second kappa shape index (κ2) is 116. The number of rotatable bonds is 44. The van der Waals surface area contributed by atoms with Gasteiger partial charge in [-0.05, 0) is 225 Å². The van der Waals surface area contributed by atoms with E-state index in [0.717, 1.165) is 116 Å². The van der Waals surface area contributed by atoms with Crippen molar-refractivity contribution in [3.63, 3.8) is 0 Å². The van der Waals surface area contributed by atoms with Crippen LogP contribution in [-0.4, -0.2) is 0 Å². The highest BCUT2D eigenvalue weighted by Crippen LogP contribution is 2.04. The SMILES string of the molecule is C=CCCCC=C.C=CCCCCC=C.C=CCCCCC=C.C=CCCCCC=C.C=CCCCCC=C.C=CCCCCC=C.C=CCCCCC=C.C=CCCCCC=C.C=CCCCCC=C. The topological polar surface area (TPSA) is 0 Å². The summed E-state index contributed by atoms with van der Waals surface area (Å²) in [7, 11) is 0. The summed E-state index contributed by atoms with van der Waals surface area (Å²) < 4.78 is 0. The van der Waals surface area contributed by atoms with Crippen molar-refractivity contribution >= 4 is 0 Å². The maximum Gasteiger partial charge on any atom is -0.0350 e. The van der Waals surface area contributed by atoms with E-state index in [9.17, 15) is 0 Å². The van der Waals surface area contributed by atoms with Gasteiger partial charge < -0.3 is 0 Å². The van der Waals surface area contributed by atoms with E-state index in [1.165, 1.54) is 109 Å². The molecule has 0 unspecified atom stereocenters. The van der Waals surface area contributed by atoms with Crippen LogP contribution in [0.25, 0.3) is 0 Å². The van der Waals surface area contributed by atoms with Gasteiger partial charge in [0.25, 0.3) is 0 Å². The lowest BCUT2D eigenvalue weighted by molar-refractivity contribution is 0.764. The predicted octanol–water partition coefficient (Wildman–Crippen LogP) is 25.9.